The first-order chi connectivity index (χ1) is 21.5. The summed E-state index contributed by atoms with van der Waals surface area (Å²) in [6, 6.07) is 22.3. The molecule has 6 nitrogen and oxygen atoms in total. The van der Waals surface area contributed by atoms with Crippen molar-refractivity contribution >= 4 is 63.7 Å². The molecule has 1 saturated carbocycles. The lowest BCUT2D eigenvalue weighted by Crippen LogP contribution is -2.32. The van der Waals surface area contributed by atoms with E-state index in [9.17, 15) is 4.79 Å². The van der Waals surface area contributed by atoms with Crippen LogP contribution in [0.3, 0.4) is 0 Å². The van der Waals surface area contributed by atoms with Crippen molar-refractivity contribution in [2.45, 2.75) is 44.3 Å². The van der Waals surface area contributed by atoms with E-state index in [4.69, 9.17) is 16.7 Å². The SMILES string of the molecule is Cc1ccc(C)c(-n2c(SCC(=O)N3N=C4/C(=C\c5cccs5)CCCC4C3c3cccs3)nnc2-c2ccccc2Cl)c1. The van der Waals surface area contributed by atoms with Crippen molar-refractivity contribution in [2.75, 3.05) is 5.75 Å². The number of amides is 1. The molecule has 0 radical (unpaired) electrons. The van der Waals surface area contributed by atoms with Crippen LogP contribution in [0.1, 0.15) is 46.2 Å². The van der Waals surface area contributed by atoms with Crippen molar-refractivity contribution < 1.29 is 4.79 Å². The van der Waals surface area contributed by atoms with E-state index in [1.807, 2.05) is 28.8 Å². The van der Waals surface area contributed by atoms with E-state index in [2.05, 4.69) is 83.3 Å². The highest BCUT2D eigenvalue weighted by Crippen LogP contribution is 2.46. The minimum atomic E-state index is -0.0966. The summed E-state index contributed by atoms with van der Waals surface area (Å²) in [5, 5.41) is 21.4. The van der Waals surface area contributed by atoms with E-state index in [1.54, 1.807) is 27.7 Å². The fourth-order valence-corrected chi connectivity index (χ4v) is 8.61. The van der Waals surface area contributed by atoms with E-state index < -0.39 is 0 Å². The summed E-state index contributed by atoms with van der Waals surface area (Å²) in [5.74, 6) is 0.973. The number of aromatic nitrogens is 3. The molecule has 10 heteroatoms. The third kappa shape index (κ3) is 5.58. The van der Waals surface area contributed by atoms with Gasteiger partial charge in [0.1, 0.15) is 0 Å². The molecule has 222 valence electrons. The third-order valence-electron chi connectivity index (χ3n) is 8.13. The number of thiophene rings is 2. The molecule has 1 aliphatic carbocycles. The molecule has 1 aliphatic heterocycles. The Labute approximate surface area is 274 Å². The third-order valence-corrected chi connectivity index (χ3v) is 11.1. The maximum atomic E-state index is 14.1. The second-order valence-electron chi connectivity index (χ2n) is 11.1. The number of halogens is 1. The van der Waals surface area contributed by atoms with Crippen LogP contribution in [-0.2, 0) is 4.79 Å². The summed E-state index contributed by atoms with van der Waals surface area (Å²) in [4.78, 5) is 16.5. The molecular formula is C34H30ClN5OS3. The van der Waals surface area contributed by atoms with E-state index >= 15 is 0 Å². The van der Waals surface area contributed by atoms with Crippen LogP contribution in [0.4, 0.5) is 0 Å². The number of hydrazone groups is 1. The van der Waals surface area contributed by atoms with Crippen molar-refractivity contribution in [3.05, 3.63) is 109 Å². The zero-order valence-corrected chi connectivity index (χ0v) is 27.5. The molecule has 2 unspecified atom stereocenters. The van der Waals surface area contributed by atoms with Gasteiger partial charge < -0.3 is 0 Å². The molecule has 0 bridgehead atoms. The van der Waals surface area contributed by atoms with Crippen molar-refractivity contribution in [1.29, 1.82) is 0 Å². The molecule has 44 heavy (non-hydrogen) atoms. The molecule has 0 spiro atoms. The van der Waals surface area contributed by atoms with Gasteiger partial charge in [0, 0.05) is 21.2 Å². The van der Waals surface area contributed by atoms with Gasteiger partial charge in [-0.25, -0.2) is 5.01 Å². The Morgan fingerprint density at radius 3 is 2.68 bits per heavy atom. The van der Waals surface area contributed by atoms with Gasteiger partial charge in [-0.1, -0.05) is 59.8 Å². The summed E-state index contributed by atoms with van der Waals surface area (Å²) < 4.78 is 2.02. The Hall–Kier alpha value is -3.50. The fraction of sp³-hybridized carbons (Fsp3) is 0.235. The second-order valence-corrected chi connectivity index (χ2v) is 14.4. The summed E-state index contributed by atoms with van der Waals surface area (Å²) in [5.41, 5.74) is 6.26. The number of benzene rings is 2. The maximum absolute atomic E-state index is 14.1. The van der Waals surface area contributed by atoms with Gasteiger partial charge in [0.2, 0.25) is 0 Å². The molecule has 2 aromatic carbocycles. The van der Waals surface area contributed by atoms with Gasteiger partial charge in [-0.05, 0) is 97.0 Å². The van der Waals surface area contributed by atoms with Crippen LogP contribution in [0.2, 0.25) is 5.02 Å². The van der Waals surface area contributed by atoms with E-state index in [1.165, 1.54) is 27.1 Å². The molecule has 2 aliphatic rings. The molecule has 3 aromatic heterocycles. The van der Waals surface area contributed by atoms with Crippen molar-refractivity contribution in [3.63, 3.8) is 0 Å². The predicted molar refractivity (Wildman–Crippen MR) is 183 cm³/mol. The summed E-state index contributed by atoms with van der Waals surface area (Å²) >= 11 is 11.4. The van der Waals surface area contributed by atoms with Gasteiger partial charge in [-0.2, -0.15) is 5.10 Å². The molecule has 0 saturated heterocycles. The fourth-order valence-electron chi connectivity index (χ4n) is 6.04. The first kappa shape index (κ1) is 29.2. The van der Waals surface area contributed by atoms with Crippen LogP contribution < -0.4 is 0 Å². The van der Waals surface area contributed by atoms with Crippen molar-refractivity contribution in [1.82, 2.24) is 19.8 Å². The van der Waals surface area contributed by atoms with Crippen LogP contribution in [0.15, 0.2) is 93.3 Å². The van der Waals surface area contributed by atoms with Gasteiger partial charge in [0.05, 0.1) is 28.2 Å². The quantitative estimate of drug-likeness (QED) is 0.164. The lowest BCUT2D eigenvalue weighted by atomic mass is 9.79. The second kappa shape index (κ2) is 12.5. The van der Waals surface area contributed by atoms with E-state index in [0.29, 0.717) is 16.0 Å². The zero-order valence-electron chi connectivity index (χ0n) is 24.3. The van der Waals surface area contributed by atoms with Crippen LogP contribution in [0.5, 0.6) is 0 Å². The van der Waals surface area contributed by atoms with Crippen LogP contribution >= 0.6 is 46.0 Å². The molecule has 5 aromatic rings. The Balaban J connectivity index is 1.23. The predicted octanol–water partition coefficient (Wildman–Crippen LogP) is 9.24. The van der Waals surface area contributed by atoms with E-state index in [-0.39, 0.29) is 23.6 Å². The van der Waals surface area contributed by atoms with Crippen molar-refractivity contribution in [2.24, 2.45) is 11.0 Å². The molecule has 2 atom stereocenters. The highest BCUT2D eigenvalue weighted by molar-refractivity contribution is 7.99. The maximum Gasteiger partial charge on any atom is 0.253 e. The van der Waals surface area contributed by atoms with Gasteiger partial charge in [0.25, 0.3) is 5.91 Å². The smallest absolute Gasteiger partial charge is 0.253 e. The Kier molecular flexibility index (Phi) is 8.29. The first-order valence-electron chi connectivity index (χ1n) is 14.6. The number of carbonyl (C=O) groups is 1. The topological polar surface area (TPSA) is 63.4 Å². The number of hydrogen-bond donors (Lipinski definition) is 0. The molecule has 1 fully saturated rings. The average molecular weight is 656 g/mol. The monoisotopic (exact) mass is 655 g/mol. The lowest BCUT2D eigenvalue weighted by Gasteiger charge is -2.28. The molecular weight excluding hydrogens is 626 g/mol. The number of fused-ring (bicyclic) bond motifs is 1. The molecule has 1 amide bonds. The van der Waals surface area contributed by atoms with Gasteiger partial charge in [-0.15, -0.1) is 32.9 Å². The first-order valence-corrected chi connectivity index (χ1v) is 17.7. The van der Waals surface area contributed by atoms with Crippen LogP contribution in [-0.4, -0.2) is 37.1 Å². The number of nitrogens with zero attached hydrogens (tertiary/aromatic N) is 5. The van der Waals surface area contributed by atoms with Crippen LogP contribution in [0.25, 0.3) is 23.2 Å². The highest BCUT2D eigenvalue weighted by atomic mass is 35.5. The molecule has 7 rings (SSSR count). The number of allylic oxidation sites excluding steroid dienone is 1. The normalized spacial score (nSPS) is 18.9. The summed E-state index contributed by atoms with van der Waals surface area (Å²) in [7, 11) is 0. The van der Waals surface area contributed by atoms with E-state index in [0.717, 1.165) is 47.4 Å². The number of rotatable bonds is 7. The number of hydrogen-bond acceptors (Lipinski definition) is 7. The lowest BCUT2D eigenvalue weighted by molar-refractivity contribution is -0.130. The number of carbonyl (C=O) groups excluding carboxylic acids is 1. The average Bonchev–Trinajstić information content (AvgIpc) is 3.84. The Bertz CT molecular complexity index is 1880. The van der Waals surface area contributed by atoms with Crippen molar-refractivity contribution in [3.8, 4) is 17.1 Å². The largest absolute Gasteiger partial charge is 0.272 e. The minimum Gasteiger partial charge on any atom is -0.272 e. The molecule has 4 heterocycles. The van der Waals surface area contributed by atoms with Gasteiger partial charge in [-0.3, -0.25) is 9.36 Å². The Morgan fingerprint density at radius 1 is 1.05 bits per heavy atom. The number of aryl methyl sites for hydroxylation is 2. The highest BCUT2D eigenvalue weighted by Gasteiger charge is 2.44. The summed E-state index contributed by atoms with van der Waals surface area (Å²) in [6.07, 6.45) is 5.34. The van der Waals surface area contributed by atoms with Crippen LogP contribution in [0, 0.1) is 19.8 Å². The minimum absolute atomic E-state index is 0.0411. The van der Waals surface area contributed by atoms with Gasteiger partial charge in [0.15, 0.2) is 11.0 Å². The standard InChI is InChI=1S/C34H30ClN5OS3/c1-21-14-15-22(2)28(18-21)39-33(25-10-3-4-12-27(25)35)36-37-34(39)44-20-30(41)40-32(29-13-7-17-43-29)26-11-5-8-23(31(26)38-40)19-24-9-6-16-42-24/h3-4,6-7,9-10,12-19,26,32H,5,8,11,20H2,1-2H3/b23-19-. The summed E-state index contributed by atoms with van der Waals surface area (Å²) in [6.45, 7) is 4.14. The molecule has 0 N–H and O–H groups in total. The van der Waals surface area contributed by atoms with Gasteiger partial charge >= 0.3 is 0 Å². The Morgan fingerprint density at radius 2 is 1.89 bits per heavy atom. The zero-order chi connectivity index (χ0) is 30.2. The number of thioether (sulfide) groups is 1.